The van der Waals surface area contributed by atoms with Crippen LogP contribution in [-0.4, -0.2) is 28.0 Å². The summed E-state index contributed by atoms with van der Waals surface area (Å²) in [6, 6.07) is 10.2. The molecule has 5 nitrogen and oxygen atoms in total. The quantitative estimate of drug-likeness (QED) is 0.565. The molecule has 2 heterocycles. The zero-order valence-corrected chi connectivity index (χ0v) is 18.7. The maximum absolute atomic E-state index is 6.41. The van der Waals surface area contributed by atoms with E-state index in [2.05, 4.69) is 55.8 Å². The zero-order valence-electron chi connectivity index (χ0n) is 18.7. The van der Waals surface area contributed by atoms with Crippen LogP contribution in [-0.2, 0) is 0 Å². The molecule has 0 spiro atoms. The fraction of sp³-hybridized carbons (Fsp3) is 0.458. The molecule has 0 radical (unpaired) electrons. The van der Waals surface area contributed by atoms with Gasteiger partial charge in [-0.2, -0.15) is 0 Å². The first-order valence-corrected chi connectivity index (χ1v) is 10.8. The van der Waals surface area contributed by atoms with Gasteiger partial charge >= 0.3 is 0 Å². The van der Waals surface area contributed by atoms with Gasteiger partial charge in [-0.15, -0.1) is 0 Å². The van der Waals surface area contributed by atoms with Crippen LogP contribution in [0.4, 0.5) is 5.82 Å². The van der Waals surface area contributed by atoms with Crippen molar-refractivity contribution in [3.8, 4) is 11.1 Å². The van der Waals surface area contributed by atoms with E-state index in [1.54, 1.807) is 0 Å². The highest BCUT2D eigenvalue weighted by atomic mass is 15.2. The van der Waals surface area contributed by atoms with E-state index in [1.165, 1.54) is 0 Å². The van der Waals surface area contributed by atoms with Crippen molar-refractivity contribution >= 4 is 16.7 Å². The van der Waals surface area contributed by atoms with Crippen LogP contribution in [0, 0.1) is 5.92 Å². The number of pyridine rings is 1. The Morgan fingerprint density at radius 3 is 2.17 bits per heavy atom. The van der Waals surface area contributed by atoms with Gasteiger partial charge in [-0.25, -0.2) is 9.97 Å². The molecule has 1 atom stereocenters. The Morgan fingerprint density at radius 1 is 0.931 bits per heavy atom. The molecule has 2 N–H and O–H groups in total. The monoisotopic (exact) mass is 393 g/mol. The first-order chi connectivity index (χ1) is 14.0. The molecule has 0 aliphatic rings. The highest BCUT2D eigenvalue weighted by Crippen LogP contribution is 2.30. The maximum atomic E-state index is 6.41. The Bertz CT molecular complexity index is 888. The number of anilines is 1. The zero-order chi connectivity index (χ0) is 21.4. The van der Waals surface area contributed by atoms with Crippen LogP contribution >= 0.6 is 0 Å². The van der Waals surface area contributed by atoms with Crippen LogP contribution in [0.3, 0.4) is 0 Å². The third-order valence-electron chi connectivity index (χ3n) is 4.83. The van der Waals surface area contributed by atoms with Gasteiger partial charge in [0.25, 0.3) is 0 Å². The lowest BCUT2D eigenvalue weighted by molar-refractivity contribution is 0.494. The molecule has 3 aromatic rings. The summed E-state index contributed by atoms with van der Waals surface area (Å²) in [5.74, 6) is 2.20. The smallest absolute Gasteiger partial charge is 0.148 e. The molecule has 0 bridgehead atoms. The number of rotatable bonds is 7. The molecule has 0 aliphatic carbocycles. The van der Waals surface area contributed by atoms with Crippen molar-refractivity contribution in [2.45, 2.75) is 54.0 Å². The molecule has 0 saturated carbocycles. The van der Waals surface area contributed by atoms with E-state index < -0.39 is 0 Å². The summed E-state index contributed by atoms with van der Waals surface area (Å²) in [7, 11) is 0. The average Bonchev–Trinajstić information content (AvgIpc) is 2.75. The summed E-state index contributed by atoms with van der Waals surface area (Å²) in [5, 5.41) is 1.06. The molecule has 3 rings (SSSR count). The second-order valence-electron chi connectivity index (χ2n) is 7.28. The second kappa shape index (κ2) is 10.9. The van der Waals surface area contributed by atoms with Crippen LogP contribution in [0.2, 0.25) is 0 Å². The van der Waals surface area contributed by atoms with Crippen LogP contribution in [0.25, 0.3) is 22.0 Å². The fourth-order valence-electron chi connectivity index (χ4n) is 3.40. The minimum Gasteiger partial charge on any atom is -0.357 e. The minimum atomic E-state index is -0.149. The SMILES string of the molecule is CC.CCN(CC)c1nc(C(N)CC(C)C)nc2ccc(-c3ccncc3)cc12. The predicted molar refractivity (Wildman–Crippen MR) is 124 cm³/mol. The molecule has 29 heavy (non-hydrogen) atoms. The van der Waals surface area contributed by atoms with E-state index in [0.29, 0.717) is 5.92 Å². The first kappa shape index (κ1) is 22.8. The lowest BCUT2D eigenvalue weighted by Gasteiger charge is -2.23. The van der Waals surface area contributed by atoms with Crippen molar-refractivity contribution in [1.29, 1.82) is 0 Å². The Labute approximate surface area is 175 Å². The Hall–Kier alpha value is -2.53. The number of nitrogens with two attached hydrogens (primary N) is 1. The molecule has 2 aromatic heterocycles. The molecule has 5 heteroatoms. The van der Waals surface area contributed by atoms with Gasteiger partial charge in [0.05, 0.1) is 11.6 Å². The van der Waals surface area contributed by atoms with Gasteiger partial charge in [0.2, 0.25) is 0 Å². The van der Waals surface area contributed by atoms with Gasteiger partial charge < -0.3 is 10.6 Å². The Morgan fingerprint density at radius 2 is 1.59 bits per heavy atom. The topological polar surface area (TPSA) is 67.9 Å². The number of benzene rings is 1. The van der Waals surface area contributed by atoms with Gasteiger partial charge in [0.1, 0.15) is 11.6 Å². The predicted octanol–water partition coefficient (Wildman–Crippen LogP) is 5.61. The van der Waals surface area contributed by atoms with E-state index >= 15 is 0 Å². The van der Waals surface area contributed by atoms with E-state index in [9.17, 15) is 0 Å². The van der Waals surface area contributed by atoms with Crippen molar-refractivity contribution in [2.75, 3.05) is 18.0 Å². The van der Waals surface area contributed by atoms with E-state index in [4.69, 9.17) is 15.7 Å². The van der Waals surface area contributed by atoms with Gasteiger partial charge in [0.15, 0.2) is 0 Å². The van der Waals surface area contributed by atoms with Crippen LogP contribution < -0.4 is 10.6 Å². The highest BCUT2D eigenvalue weighted by Gasteiger charge is 2.18. The molecule has 0 fully saturated rings. The summed E-state index contributed by atoms with van der Waals surface area (Å²) >= 11 is 0. The van der Waals surface area contributed by atoms with Crippen LogP contribution in [0.5, 0.6) is 0 Å². The van der Waals surface area contributed by atoms with Crippen molar-refractivity contribution in [2.24, 2.45) is 11.7 Å². The maximum Gasteiger partial charge on any atom is 0.148 e. The second-order valence-corrected chi connectivity index (χ2v) is 7.28. The van der Waals surface area contributed by atoms with E-state index in [1.807, 2.05) is 38.4 Å². The molecule has 0 aliphatic heterocycles. The first-order valence-electron chi connectivity index (χ1n) is 10.8. The van der Waals surface area contributed by atoms with Gasteiger partial charge in [-0.1, -0.05) is 33.8 Å². The summed E-state index contributed by atoms with van der Waals surface area (Å²) in [4.78, 5) is 16.1. The van der Waals surface area contributed by atoms with Crippen molar-refractivity contribution in [3.63, 3.8) is 0 Å². The van der Waals surface area contributed by atoms with Crippen molar-refractivity contribution in [3.05, 3.63) is 48.5 Å². The third kappa shape index (κ3) is 5.51. The summed E-state index contributed by atoms with van der Waals surface area (Å²) < 4.78 is 0. The van der Waals surface area contributed by atoms with Crippen LogP contribution in [0.15, 0.2) is 42.7 Å². The average molecular weight is 394 g/mol. The van der Waals surface area contributed by atoms with Crippen molar-refractivity contribution < 1.29 is 0 Å². The summed E-state index contributed by atoms with van der Waals surface area (Å²) in [6.07, 6.45) is 4.50. The molecule has 1 aromatic carbocycles. The number of hydrogen-bond acceptors (Lipinski definition) is 5. The lowest BCUT2D eigenvalue weighted by Crippen LogP contribution is -2.25. The number of fused-ring (bicyclic) bond motifs is 1. The lowest BCUT2D eigenvalue weighted by atomic mass is 10.0. The largest absolute Gasteiger partial charge is 0.357 e. The Balaban J connectivity index is 0.00000145. The molecular weight excluding hydrogens is 358 g/mol. The fourth-order valence-corrected chi connectivity index (χ4v) is 3.40. The van der Waals surface area contributed by atoms with E-state index in [0.717, 1.165) is 53.2 Å². The Kier molecular flexibility index (Phi) is 8.52. The van der Waals surface area contributed by atoms with Gasteiger partial charge in [-0.3, -0.25) is 4.98 Å². The van der Waals surface area contributed by atoms with Crippen LogP contribution in [0.1, 0.15) is 59.8 Å². The standard InChI is InChI=1S/C22H29N5.C2H6/c1-5-27(6-2)22-18-14-17(16-9-11-24-12-10-16)7-8-20(18)25-21(26-22)19(23)13-15(3)4;1-2/h7-12,14-15,19H,5-6,13,23H2,1-4H3;1-2H3. The molecular formula is C24H35N5. The summed E-state index contributed by atoms with van der Waals surface area (Å²) in [6.45, 7) is 14.4. The van der Waals surface area contributed by atoms with Gasteiger partial charge in [0, 0.05) is 30.9 Å². The summed E-state index contributed by atoms with van der Waals surface area (Å²) in [5.41, 5.74) is 9.63. The van der Waals surface area contributed by atoms with Gasteiger partial charge in [-0.05, 0) is 61.6 Å². The number of aromatic nitrogens is 3. The number of hydrogen-bond donors (Lipinski definition) is 1. The molecule has 0 amide bonds. The molecule has 0 saturated heterocycles. The van der Waals surface area contributed by atoms with Crippen molar-refractivity contribution in [1.82, 2.24) is 15.0 Å². The minimum absolute atomic E-state index is 0.149. The molecule has 156 valence electrons. The highest BCUT2D eigenvalue weighted by molar-refractivity contribution is 5.93. The van der Waals surface area contributed by atoms with E-state index in [-0.39, 0.29) is 6.04 Å². The normalized spacial score (nSPS) is 11.9. The number of nitrogens with zero attached hydrogens (tertiary/aromatic N) is 4. The molecule has 1 unspecified atom stereocenters. The third-order valence-corrected chi connectivity index (χ3v) is 4.83.